The van der Waals surface area contributed by atoms with Crippen LogP contribution in [0.4, 0.5) is 0 Å². The minimum Gasteiger partial charge on any atom is -0.309 e. The lowest BCUT2D eigenvalue weighted by atomic mass is 10.5. The maximum Gasteiger partial charge on any atom is -0.00248 e. The third-order valence-electron chi connectivity index (χ3n) is 0.605. The largest absolute Gasteiger partial charge is 0.309 e. The molecule has 0 aromatic carbocycles. The summed E-state index contributed by atoms with van der Waals surface area (Å²) >= 11 is 0. The molecule has 0 heterocycles. The van der Waals surface area contributed by atoms with Crippen molar-refractivity contribution in [2.45, 2.75) is 6.42 Å². The Bertz CT molecular complexity index is 25.1. The molecule has 0 aliphatic heterocycles. The highest BCUT2D eigenvalue weighted by Gasteiger charge is 1.79. The summed E-state index contributed by atoms with van der Waals surface area (Å²) in [5, 5.41) is 0. The van der Waals surface area contributed by atoms with Gasteiger partial charge in [-0.1, -0.05) is 6.92 Å². The van der Waals surface area contributed by atoms with Crippen LogP contribution in [0.15, 0.2) is 0 Å². The molecule has 0 aliphatic rings. The zero-order valence-corrected chi connectivity index (χ0v) is 4.57. The Morgan fingerprint density at radius 3 is 2.00 bits per heavy atom. The molecule has 0 saturated carbocycles. The van der Waals surface area contributed by atoms with Crippen molar-refractivity contribution in [1.82, 2.24) is 4.90 Å². The number of hydrogen-bond acceptors (Lipinski definition) is 1. The molecule has 1 nitrogen and oxygen atoms in total. The Labute approximate surface area is 40.0 Å². The molecular formula is C5H12N. The Morgan fingerprint density at radius 1 is 1.50 bits per heavy atom. The summed E-state index contributed by atoms with van der Waals surface area (Å²) in [6.45, 7) is 4.78. The van der Waals surface area contributed by atoms with Crippen molar-refractivity contribution in [1.29, 1.82) is 0 Å². The minimum absolute atomic E-state index is 1.01. The summed E-state index contributed by atoms with van der Waals surface area (Å²) in [4.78, 5) is 2.12. The lowest BCUT2D eigenvalue weighted by Crippen LogP contribution is -2.11. The highest BCUT2D eigenvalue weighted by molar-refractivity contribution is 4.42. The van der Waals surface area contributed by atoms with Crippen LogP contribution < -0.4 is 0 Å². The fourth-order valence-electron chi connectivity index (χ4n) is 0.316. The smallest absolute Gasteiger partial charge is 0.00248 e. The van der Waals surface area contributed by atoms with Crippen molar-refractivity contribution in [3.63, 3.8) is 0 Å². The van der Waals surface area contributed by atoms with Crippen LogP contribution in [-0.2, 0) is 0 Å². The maximum atomic E-state index is 3.68. The van der Waals surface area contributed by atoms with Crippen LogP contribution >= 0.6 is 0 Å². The van der Waals surface area contributed by atoms with Crippen molar-refractivity contribution >= 4 is 0 Å². The Balaban J connectivity index is 2.63. The summed E-state index contributed by atoms with van der Waals surface area (Å²) < 4.78 is 0. The highest BCUT2D eigenvalue weighted by Crippen LogP contribution is 1.75. The van der Waals surface area contributed by atoms with E-state index in [1.165, 1.54) is 0 Å². The Kier molecular flexibility index (Phi) is 3.14. The first-order chi connectivity index (χ1) is 2.77. The van der Waals surface area contributed by atoms with Gasteiger partial charge in [0.25, 0.3) is 0 Å². The van der Waals surface area contributed by atoms with Crippen LogP contribution in [0.5, 0.6) is 0 Å². The van der Waals surface area contributed by atoms with Gasteiger partial charge in [-0.3, -0.25) is 0 Å². The molecule has 0 saturated heterocycles. The third kappa shape index (κ3) is 3.96. The van der Waals surface area contributed by atoms with Gasteiger partial charge in [0.2, 0.25) is 0 Å². The maximum absolute atomic E-state index is 3.68. The molecular weight excluding hydrogens is 74.1 g/mol. The van der Waals surface area contributed by atoms with Crippen LogP contribution in [0.3, 0.4) is 0 Å². The highest BCUT2D eigenvalue weighted by atomic mass is 15.0. The van der Waals surface area contributed by atoms with Crippen molar-refractivity contribution < 1.29 is 0 Å². The fourth-order valence-corrected chi connectivity index (χ4v) is 0.316. The Hall–Kier alpha value is -0.0400. The zero-order valence-electron chi connectivity index (χ0n) is 4.57. The van der Waals surface area contributed by atoms with Gasteiger partial charge in [0, 0.05) is 0 Å². The van der Waals surface area contributed by atoms with Crippen molar-refractivity contribution in [2.75, 3.05) is 20.6 Å². The number of nitrogens with zero attached hydrogens (tertiary/aromatic N) is 1. The molecule has 0 spiro atoms. The monoisotopic (exact) mass is 86.1 g/mol. The molecule has 0 aromatic heterocycles. The van der Waals surface area contributed by atoms with Gasteiger partial charge in [-0.25, -0.2) is 0 Å². The second-order valence-electron chi connectivity index (χ2n) is 1.66. The average molecular weight is 86.2 g/mol. The van der Waals surface area contributed by atoms with E-state index in [-0.39, 0.29) is 0 Å². The lowest BCUT2D eigenvalue weighted by molar-refractivity contribution is 0.416. The average Bonchev–Trinajstić information content (AvgIpc) is 1.35. The molecule has 0 atom stereocenters. The van der Waals surface area contributed by atoms with Crippen LogP contribution in [0.25, 0.3) is 0 Å². The Morgan fingerprint density at radius 2 is 2.00 bits per heavy atom. The summed E-state index contributed by atoms with van der Waals surface area (Å²) in [6, 6.07) is 0. The molecule has 0 unspecified atom stereocenters. The molecule has 0 aromatic rings. The van der Waals surface area contributed by atoms with E-state index < -0.39 is 0 Å². The van der Waals surface area contributed by atoms with Crippen molar-refractivity contribution in [2.24, 2.45) is 0 Å². The van der Waals surface area contributed by atoms with Crippen molar-refractivity contribution in [3.8, 4) is 0 Å². The quantitative estimate of drug-likeness (QED) is 0.480. The van der Waals surface area contributed by atoms with Gasteiger partial charge in [0.1, 0.15) is 0 Å². The summed E-state index contributed by atoms with van der Waals surface area (Å²) in [7, 11) is 4.09. The zero-order chi connectivity index (χ0) is 4.99. The number of rotatable bonds is 2. The summed E-state index contributed by atoms with van der Waals surface area (Å²) in [5.41, 5.74) is 0. The van der Waals surface area contributed by atoms with Gasteiger partial charge in [-0.15, -0.1) is 0 Å². The van der Waals surface area contributed by atoms with E-state index in [2.05, 4.69) is 11.8 Å². The van der Waals surface area contributed by atoms with Crippen LogP contribution in [0.2, 0.25) is 0 Å². The number of hydrogen-bond donors (Lipinski definition) is 0. The van der Waals surface area contributed by atoms with Gasteiger partial charge in [-0.2, -0.15) is 0 Å². The van der Waals surface area contributed by atoms with E-state index in [0.717, 1.165) is 13.0 Å². The minimum atomic E-state index is 1.01. The molecule has 1 radical (unpaired) electrons. The molecule has 37 valence electrons. The summed E-state index contributed by atoms with van der Waals surface area (Å²) in [6.07, 6.45) is 1.01. The second-order valence-corrected chi connectivity index (χ2v) is 1.66. The van der Waals surface area contributed by atoms with Gasteiger partial charge < -0.3 is 4.90 Å². The molecule has 0 N–H and O–H groups in total. The first-order valence-electron chi connectivity index (χ1n) is 2.21. The topological polar surface area (TPSA) is 3.24 Å². The normalized spacial score (nSPS) is 10.0. The molecule has 0 aliphatic carbocycles. The van der Waals surface area contributed by atoms with Crippen LogP contribution in [0, 0.1) is 6.92 Å². The van der Waals surface area contributed by atoms with Gasteiger partial charge in [0.15, 0.2) is 0 Å². The summed E-state index contributed by atoms with van der Waals surface area (Å²) in [5.74, 6) is 0. The fraction of sp³-hybridized carbons (Fsp3) is 0.800. The molecule has 0 rings (SSSR count). The van der Waals surface area contributed by atoms with E-state index in [1.54, 1.807) is 0 Å². The van der Waals surface area contributed by atoms with Gasteiger partial charge in [0.05, 0.1) is 0 Å². The van der Waals surface area contributed by atoms with E-state index in [1.807, 2.05) is 14.1 Å². The first-order valence-corrected chi connectivity index (χ1v) is 2.21. The van der Waals surface area contributed by atoms with E-state index in [9.17, 15) is 0 Å². The van der Waals surface area contributed by atoms with Gasteiger partial charge in [-0.05, 0) is 27.1 Å². The van der Waals surface area contributed by atoms with Crippen LogP contribution in [0.1, 0.15) is 6.42 Å². The van der Waals surface area contributed by atoms with E-state index >= 15 is 0 Å². The molecule has 6 heavy (non-hydrogen) atoms. The van der Waals surface area contributed by atoms with Crippen LogP contribution in [-0.4, -0.2) is 25.5 Å². The first kappa shape index (κ1) is 5.96. The predicted molar refractivity (Wildman–Crippen MR) is 28.5 cm³/mol. The van der Waals surface area contributed by atoms with E-state index in [0.29, 0.717) is 0 Å². The van der Waals surface area contributed by atoms with E-state index in [4.69, 9.17) is 0 Å². The molecule has 0 amide bonds. The second kappa shape index (κ2) is 3.16. The standard InChI is InChI=1S/C5H12N/c1-4-5-6(2)3/h1,4-5H2,2-3H3. The molecule has 0 fully saturated rings. The van der Waals surface area contributed by atoms with Crippen molar-refractivity contribution in [3.05, 3.63) is 6.92 Å². The molecule has 1 heteroatoms. The SMILES string of the molecule is [CH2]CCN(C)C. The third-order valence-corrected chi connectivity index (χ3v) is 0.605. The molecule has 0 bridgehead atoms. The lowest BCUT2D eigenvalue weighted by Gasteiger charge is -2.03. The van der Waals surface area contributed by atoms with Gasteiger partial charge >= 0.3 is 0 Å². The predicted octanol–water partition coefficient (Wildman–Crippen LogP) is 0.772.